The number of methoxy groups -OCH3 is 1. The van der Waals surface area contributed by atoms with Crippen LogP contribution in [0.25, 0.3) is 0 Å². The van der Waals surface area contributed by atoms with E-state index in [1.165, 1.54) is 12.1 Å². The third-order valence-corrected chi connectivity index (χ3v) is 5.00. The van der Waals surface area contributed by atoms with Gasteiger partial charge in [0.2, 0.25) is 0 Å². The fourth-order valence-corrected chi connectivity index (χ4v) is 3.49. The Labute approximate surface area is 139 Å². The molecule has 1 saturated heterocycles. The zero-order valence-corrected chi connectivity index (χ0v) is 14.2. The van der Waals surface area contributed by atoms with Crippen LogP contribution < -0.4 is 4.74 Å². The van der Waals surface area contributed by atoms with E-state index in [4.69, 9.17) is 9.47 Å². The van der Waals surface area contributed by atoms with Crippen molar-refractivity contribution in [2.24, 2.45) is 0 Å². The molecule has 2 aromatic rings. The van der Waals surface area contributed by atoms with Gasteiger partial charge in [-0.3, -0.25) is 4.90 Å². The Hall–Kier alpha value is -1.50. The summed E-state index contributed by atoms with van der Waals surface area (Å²) < 4.78 is 24.7. The summed E-state index contributed by atoms with van der Waals surface area (Å²) in [6, 6.07) is 6.22. The molecule has 6 heteroatoms. The molecule has 1 unspecified atom stereocenters. The number of benzene rings is 1. The van der Waals surface area contributed by atoms with Crippen molar-refractivity contribution in [1.82, 2.24) is 9.88 Å². The van der Waals surface area contributed by atoms with E-state index >= 15 is 0 Å². The second kappa shape index (κ2) is 6.95. The minimum Gasteiger partial charge on any atom is -0.490 e. The monoisotopic (exact) mass is 336 g/mol. The average Bonchev–Trinajstić information content (AvgIpc) is 3.13. The number of halogens is 1. The maximum Gasteiger partial charge on any atom is 0.126 e. The van der Waals surface area contributed by atoms with Gasteiger partial charge in [-0.05, 0) is 25.5 Å². The molecule has 1 aliphatic rings. The fraction of sp³-hybridized carbons (Fsp3) is 0.471. The molecule has 1 aromatic carbocycles. The molecule has 0 N–H and O–H groups in total. The first kappa shape index (κ1) is 16.4. The number of ether oxygens (including phenoxy) is 2. The Morgan fingerprint density at radius 3 is 3.00 bits per heavy atom. The van der Waals surface area contributed by atoms with E-state index in [2.05, 4.69) is 15.3 Å². The lowest BCUT2D eigenvalue weighted by molar-refractivity contribution is -0.0360. The summed E-state index contributed by atoms with van der Waals surface area (Å²) in [4.78, 5) is 6.84. The minimum absolute atomic E-state index is 0.291. The topological polar surface area (TPSA) is 34.6 Å². The molecule has 23 heavy (non-hydrogen) atoms. The Balaban J connectivity index is 1.58. The Morgan fingerprint density at radius 1 is 1.43 bits per heavy atom. The van der Waals surface area contributed by atoms with Gasteiger partial charge in [0.15, 0.2) is 0 Å². The van der Waals surface area contributed by atoms with E-state index in [0.717, 1.165) is 36.8 Å². The fourth-order valence-electron chi connectivity index (χ4n) is 2.89. The molecule has 4 nitrogen and oxygen atoms in total. The smallest absolute Gasteiger partial charge is 0.126 e. The van der Waals surface area contributed by atoms with Gasteiger partial charge in [-0.15, -0.1) is 11.3 Å². The van der Waals surface area contributed by atoms with Gasteiger partial charge in [-0.2, -0.15) is 0 Å². The molecule has 1 aromatic heterocycles. The average molecular weight is 336 g/mol. The highest BCUT2D eigenvalue weighted by Gasteiger charge is 2.39. The minimum atomic E-state index is -0.350. The zero-order valence-electron chi connectivity index (χ0n) is 13.4. The van der Waals surface area contributed by atoms with Crippen LogP contribution in [0.1, 0.15) is 17.1 Å². The maximum absolute atomic E-state index is 13.2. The quantitative estimate of drug-likeness (QED) is 0.811. The Kier molecular flexibility index (Phi) is 4.94. The lowest BCUT2D eigenvalue weighted by Crippen LogP contribution is -2.41. The number of thiazole rings is 1. The molecule has 1 fully saturated rings. The van der Waals surface area contributed by atoms with Crippen molar-refractivity contribution in [3.05, 3.63) is 46.2 Å². The maximum atomic E-state index is 13.2. The lowest BCUT2D eigenvalue weighted by atomic mass is 10.0. The van der Waals surface area contributed by atoms with E-state index in [0.29, 0.717) is 12.4 Å². The summed E-state index contributed by atoms with van der Waals surface area (Å²) in [5, 5.41) is 3.19. The van der Waals surface area contributed by atoms with Crippen LogP contribution in [0.3, 0.4) is 0 Å². The summed E-state index contributed by atoms with van der Waals surface area (Å²) in [5.74, 6) is 0.246. The molecule has 124 valence electrons. The first-order chi connectivity index (χ1) is 11.1. The lowest BCUT2D eigenvalue weighted by Gasteiger charge is -2.28. The highest BCUT2D eigenvalue weighted by Crippen LogP contribution is 2.27. The van der Waals surface area contributed by atoms with Crippen LogP contribution >= 0.6 is 11.3 Å². The van der Waals surface area contributed by atoms with Crippen LogP contribution in [0.4, 0.5) is 4.39 Å². The summed E-state index contributed by atoms with van der Waals surface area (Å²) in [6.45, 7) is 4.99. The summed E-state index contributed by atoms with van der Waals surface area (Å²) in [7, 11) is 1.71. The molecule has 0 saturated carbocycles. The van der Waals surface area contributed by atoms with Gasteiger partial charge in [0.05, 0.1) is 10.7 Å². The van der Waals surface area contributed by atoms with Gasteiger partial charge in [0, 0.05) is 38.2 Å². The van der Waals surface area contributed by atoms with E-state index in [1.54, 1.807) is 30.6 Å². The third-order valence-electron chi connectivity index (χ3n) is 4.18. The SMILES string of the molecule is COC1(COc2cccc(F)c2)CCN(Cc2csc(C)n2)C1. The van der Waals surface area contributed by atoms with Gasteiger partial charge in [0.25, 0.3) is 0 Å². The zero-order chi connectivity index (χ0) is 16.3. The highest BCUT2D eigenvalue weighted by atomic mass is 32.1. The number of rotatable bonds is 6. The van der Waals surface area contributed by atoms with Crippen molar-refractivity contribution < 1.29 is 13.9 Å². The predicted octanol–water partition coefficient (Wildman–Crippen LogP) is 3.26. The van der Waals surface area contributed by atoms with Crippen LogP contribution in [0.5, 0.6) is 5.75 Å². The van der Waals surface area contributed by atoms with Crippen LogP contribution in [-0.4, -0.2) is 42.3 Å². The summed E-state index contributed by atoms with van der Waals surface area (Å²) in [5.41, 5.74) is 0.752. The van der Waals surface area contributed by atoms with Crippen molar-refractivity contribution in [2.75, 3.05) is 26.8 Å². The predicted molar refractivity (Wildman–Crippen MR) is 88.4 cm³/mol. The molecule has 0 radical (unpaired) electrons. The van der Waals surface area contributed by atoms with Crippen LogP contribution in [0.15, 0.2) is 29.6 Å². The number of likely N-dealkylation sites (tertiary alicyclic amines) is 1. The normalized spacial score (nSPS) is 21.7. The van der Waals surface area contributed by atoms with Gasteiger partial charge in [0.1, 0.15) is 23.8 Å². The Bertz CT molecular complexity index is 664. The van der Waals surface area contributed by atoms with E-state index in [-0.39, 0.29) is 11.4 Å². The molecule has 0 aliphatic carbocycles. The molecule has 2 heterocycles. The van der Waals surface area contributed by atoms with Crippen molar-refractivity contribution in [3.63, 3.8) is 0 Å². The molecule has 1 atom stereocenters. The van der Waals surface area contributed by atoms with Gasteiger partial charge in [-0.1, -0.05) is 6.07 Å². The van der Waals surface area contributed by atoms with Crippen molar-refractivity contribution in [1.29, 1.82) is 0 Å². The third kappa shape index (κ3) is 4.07. The summed E-state index contributed by atoms with van der Waals surface area (Å²) in [6.07, 6.45) is 0.891. The molecular weight excluding hydrogens is 315 g/mol. The van der Waals surface area contributed by atoms with Crippen molar-refractivity contribution in [3.8, 4) is 5.75 Å². The van der Waals surface area contributed by atoms with Crippen LogP contribution in [-0.2, 0) is 11.3 Å². The number of hydrogen-bond acceptors (Lipinski definition) is 5. The van der Waals surface area contributed by atoms with Gasteiger partial charge < -0.3 is 9.47 Å². The second-order valence-corrected chi connectivity index (χ2v) is 7.01. The van der Waals surface area contributed by atoms with Crippen molar-refractivity contribution in [2.45, 2.75) is 25.5 Å². The van der Waals surface area contributed by atoms with Gasteiger partial charge in [-0.25, -0.2) is 9.37 Å². The molecular formula is C17H21FN2O2S. The van der Waals surface area contributed by atoms with Gasteiger partial charge >= 0.3 is 0 Å². The van der Waals surface area contributed by atoms with Crippen LogP contribution in [0, 0.1) is 12.7 Å². The number of aromatic nitrogens is 1. The number of nitrogens with zero attached hydrogens (tertiary/aromatic N) is 2. The largest absolute Gasteiger partial charge is 0.490 e. The number of aryl methyl sites for hydroxylation is 1. The summed E-state index contributed by atoms with van der Waals surface area (Å²) >= 11 is 1.67. The standard InChI is InChI=1S/C17H21FN2O2S/c1-13-19-15(10-23-13)9-20-7-6-17(11-20,21-2)12-22-16-5-3-4-14(18)8-16/h3-5,8,10H,6-7,9,11-12H2,1-2H3. The Morgan fingerprint density at radius 2 is 2.30 bits per heavy atom. The molecule has 3 rings (SSSR count). The molecule has 0 amide bonds. The second-order valence-electron chi connectivity index (χ2n) is 5.95. The first-order valence-corrected chi connectivity index (χ1v) is 8.53. The van der Waals surface area contributed by atoms with E-state index < -0.39 is 0 Å². The van der Waals surface area contributed by atoms with Crippen LogP contribution in [0.2, 0.25) is 0 Å². The first-order valence-electron chi connectivity index (χ1n) is 7.65. The van der Waals surface area contributed by atoms with E-state index in [9.17, 15) is 4.39 Å². The molecule has 0 spiro atoms. The highest BCUT2D eigenvalue weighted by molar-refractivity contribution is 7.09. The van der Waals surface area contributed by atoms with E-state index in [1.807, 2.05) is 6.92 Å². The van der Waals surface area contributed by atoms with Crippen molar-refractivity contribution >= 4 is 11.3 Å². The molecule has 0 bridgehead atoms. The number of hydrogen-bond donors (Lipinski definition) is 0. The molecule has 1 aliphatic heterocycles.